The minimum atomic E-state index is 1.03. The Morgan fingerprint density at radius 3 is 2.50 bits per heavy atom. The monoisotopic (exact) mass is 241 g/mol. The van der Waals surface area contributed by atoms with Gasteiger partial charge in [0.15, 0.2) is 0 Å². The predicted octanol–water partition coefficient (Wildman–Crippen LogP) is 4.24. The summed E-state index contributed by atoms with van der Waals surface area (Å²) < 4.78 is 0. The van der Waals surface area contributed by atoms with Crippen LogP contribution in [0.15, 0.2) is 36.4 Å². The highest BCUT2D eigenvalue weighted by molar-refractivity contribution is 5.86. The van der Waals surface area contributed by atoms with E-state index >= 15 is 0 Å². The standard InChI is InChI=1S/C17H23N/c1-4-5-9-17-15(13-18(2)3)12-11-14-8-6-7-10-16(14)17/h6-8,10-12H,4-5,9,13H2,1-3H3. The molecule has 0 heterocycles. The molecule has 0 atom stereocenters. The van der Waals surface area contributed by atoms with Crippen LogP contribution in [0.4, 0.5) is 0 Å². The lowest BCUT2D eigenvalue weighted by molar-refractivity contribution is 0.401. The van der Waals surface area contributed by atoms with Crippen molar-refractivity contribution in [3.63, 3.8) is 0 Å². The maximum atomic E-state index is 2.30. The number of benzene rings is 2. The van der Waals surface area contributed by atoms with Crippen LogP contribution in [0.2, 0.25) is 0 Å². The molecule has 96 valence electrons. The van der Waals surface area contributed by atoms with Gasteiger partial charge in [0, 0.05) is 6.54 Å². The first kappa shape index (κ1) is 13.1. The molecule has 0 spiro atoms. The lowest BCUT2D eigenvalue weighted by atomic mass is 9.95. The molecule has 0 saturated heterocycles. The van der Waals surface area contributed by atoms with Gasteiger partial charge in [-0.1, -0.05) is 49.7 Å². The third-order valence-electron chi connectivity index (χ3n) is 3.40. The minimum Gasteiger partial charge on any atom is -0.305 e. The van der Waals surface area contributed by atoms with E-state index < -0.39 is 0 Å². The largest absolute Gasteiger partial charge is 0.305 e. The molecule has 0 unspecified atom stereocenters. The van der Waals surface area contributed by atoms with Crippen molar-refractivity contribution in [3.05, 3.63) is 47.5 Å². The Balaban J connectivity index is 2.48. The molecule has 0 aliphatic heterocycles. The molecule has 0 bridgehead atoms. The lowest BCUT2D eigenvalue weighted by Gasteiger charge is -2.16. The highest BCUT2D eigenvalue weighted by atomic mass is 15.0. The fraction of sp³-hybridized carbons (Fsp3) is 0.412. The second-order valence-corrected chi connectivity index (χ2v) is 5.27. The average molecular weight is 241 g/mol. The summed E-state index contributed by atoms with van der Waals surface area (Å²) in [7, 11) is 4.28. The van der Waals surface area contributed by atoms with Crippen LogP contribution < -0.4 is 0 Å². The van der Waals surface area contributed by atoms with Crippen LogP contribution in [0.3, 0.4) is 0 Å². The molecule has 1 nitrogen and oxygen atoms in total. The van der Waals surface area contributed by atoms with E-state index in [1.54, 1.807) is 5.56 Å². The van der Waals surface area contributed by atoms with Crippen molar-refractivity contribution in [2.24, 2.45) is 0 Å². The van der Waals surface area contributed by atoms with Crippen LogP contribution in [0.1, 0.15) is 30.9 Å². The van der Waals surface area contributed by atoms with E-state index in [1.165, 1.54) is 35.6 Å². The Morgan fingerprint density at radius 2 is 1.78 bits per heavy atom. The molecule has 0 fully saturated rings. The van der Waals surface area contributed by atoms with Crippen LogP contribution in [0, 0.1) is 0 Å². The molecule has 0 amide bonds. The van der Waals surface area contributed by atoms with Crippen LogP contribution in [0.25, 0.3) is 10.8 Å². The first-order chi connectivity index (χ1) is 8.72. The van der Waals surface area contributed by atoms with E-state index in [1.807, 2.05) is 0 Å². The molecule has 2 rings (SSSR count). The number of aryl methyl sites for hydroxylation is 1. The van der Waals surface area contributed by atoms with E-state index in [4.69, 9.17) is 0 Å². The summed E-state index contributed by atoms with van der Waals surface area (Å²) in [6.07, 6.45) is 3.72. The molecule has 0 saturated carbocycles. The average Bonchev–Trinajstić information content (AvgIpc) is 2.37. The van der Waals surface area contributed by atoms with Gasteiger partial charge in [0.05, 0.1) is 0 Å². The van der Waals surface area contributed by atoms with E-state index in [0.29, 0.717) is 0 Å². The van der Waals surface area contributed by atoms with Crippen molar-refractivity contribution in [3.8, 4) is 0 Å². The third-order valence-corrected chi connectivity index (χ3v) is 3.40. The second kappa shape index (κ2) is 6.01. The summed E-state index contributed by atoms with van der Waals surface area (Å²) >= 11 is 0. The summed E-state index contributed by atoms with van der Waals surface area (Å²) in [6.45, 7) is 3.29. The van der Waals surface area contributed by atoms with Crippen LogP contribution in [-0.4, -0.2) is 19.0 Å². The Labute approximate surface area is 110 Å². The number of fused-ring (bicyclic) bond motifs is 1. The number of rotatable bonds is 5. The molecule has 0 radical (unpaired) electrons. The maximum Gasteiger partial charge on any atom is 0.0230 e. The van der Waals surface area contributed by atoms with Gasteiger partial charge in [0.25, 0.3) is 0 Å². The summed E-state index contributed by atoms with van der Waals surface area (Å²) in [4.78, 5) is 2.25. The molecule has 2 aromatic rings. The SMILES string of the molecule is CCCCc1c(CN(C)C)ccc2ccccc12. The predicted molar refractivity (Wildman–Crippen MR) is 80.0 cm³/mol. The number of hydrogen-bond donors (Lipinski definition) is 0. The normalized spacial score (nSPS) is 11.3. The Hall–Kier alpha value is -1.34. The van der Waals surface area contributed by atoms with Gasteiger partial charge in [0.2, 0.25) is 0 Å². The first-order valence-electron chi connectivity index (χ1n) is 6.86. The van der Waals surface area contributed by atoms with E-state index in [0.717, 1.165) is 6.54 Å². The fourth-order valence-electron chi connectivity index (χ4n) is 2.52. The van der Waals surface area contributed by atoms with Crippen molar-refractivity contribution in [2.45, 2.75) is 32.7 Å². The van der Waals surface area contributed by atoms with Gasteiger partial charge < -0.3 is 4.90 Å². The van der Waals surface area contributed by atoms with Crippen molar-refractivity contribution >= 4 is 10.8 Å². The van der Waals surface area contributed by atoms with Crippen LogP contribution >= 0.6 is 0 Å². The Kier molecular flexibility index (Phi) is 4.38. The summed E-state index contributed by atoms with van der Waals surface area (Å²) in [5.41, 5.74) is 3.02. The number of hydrogen-bond acceptors (Lipinski definition) is 1. The second-order valence-electron chi connectivity index (χ2n) is 5.27. The molecule has 18 heavy (non-hydrogen) atoms. The minimum absolute atomic E-state index is 1.03. The van der Waals surface area contributed by atoms with E-state index in [2.05, 4.69) is 62.3 Å². The van der Waals surface area contributed by atoms with Crippen LogP contribution in [0.5, 0.6) is 0 Å². The first-order valence-corrected chi connectivity index (χ1v) is 6.86. The zero-order valence-electron chi connectivity index (χ0n) is 11.7. The Morgan fingerprint density at radius 1 is 1.00 bits per heavy atom. The molecule has 0 aromatic heterocycles. The van der Waals surface area contributed by atoms with Crippen molar-refractivity contribution in [1.29, 1.82) is 0 Å². The van der Waals surface area contributed by atoms with Gasteiger partial charge >= 0.3 is 0 Å². The zero-order chi connectivity index (χ0) is 13.0. The highest BCUT2D eigenvalue weighted by Crippen LogP contribution is 2.25. The van der Waals surface area contributed by atoms with Gasteiger partial charge in [-0.25, -0.2) is 0 Å². The van der Waals surface area contributed by atoms with E-state index in [9.17, 15) is 0 Å². The molecular formula is C17H23N. The lowest BCUT2D eigenvalue weighted by Crippen LogP contribution is -2.12. The van der Waals surface area contributed by atoms with Gasteiger partial charge in [-0.15, -0.1) is 0 Å². The maximum absolute atomic E-state index is 2.30. The van der Waals surface area contributed by atoms with E-state index in [-0.39, 0.29) is 0 Å². The van der Waals surface area contributed by atoms with Gasteiger partial charge in [-0.05, 0) is 48.8 Å². The summed E-state index contributed by atoms with van der Waals surface area (Å²) in [6, 6.07) is 13.3. The molecule has 0 N–H and O–H groups in total. The van der Waals surface area contributed by atoms with Crippen LogP contribution in [-0.2, 0) is 13.0 Å². The highest BCUT2D eigenvalue weighted by Gasteiger charge is 2.07. The molecule has 2 aromatic carbocycles. The summed E-state index contributed by atoms with van der Waals surface area (Å²) in [5, 5.41) is 2.80. The quantitative estimate of drug-likeness (QED) is 0.756. The smallest absolute Gasteiger partial charge is 0.0230 e. The van der Waals surface area contributed by atoms with Crippen molar-refractivity contribution < 1.29 is 0 Å². The van der Waals surface area contributed by atoms with Crippen molar-refractivity contribution in [1.82, 2.24) is 4.90 Å². The topological polar surface area (TPSA) is 3.24 Å². The van der Waals surface area contributed by atoms with Gasteiger partial charge in [-0.3, -0.25) is 0 Å². The molecule has 0 aliphatic carbocycles. The molecular weight excluding hydrogens is 218 g/mol. The van der Waals surface area contributed by atoms with Gasteiger partial charge in [-0.2, -0.15) is 0 Å². The third kappa shape index (κ3) is 2.91. The molecule has 1 heteroatoms. The zero-order valence-corrected chi connectivity index (χ0v) is 11.7. The Bertz CT molecular complexity index is 514. The molecule has 0 aliphatic rings. The summed E-state index contributed by atoms with van der Waals surface area (Å²) in [5.74, 6) is 0. The number of nitrogens with zero attached hydrogens (tertiary/aromatic N) is 1. The van der Waals surface area contributed by atoms with Gasteiger partial charge in [0.1, 0.15) is 0 Å². The fourth-order valence-corrected chi connectivity index (χ4v) is 2.52. The van der Waals surface area contributed by atoms with Crippen molar-refractivity contribution in [2.75, 3.05) is 14.1 Å². The number of unbranched alkanes of at least 4 members (excludes halogenated alkanes) is 1.